The van der Waals surface area contributed by atoms with Crippen LogP contribution in [0.25, 0.3) is 0 Å². The van der Waals surface area contributed by atoms with Gasteiger partial charge in [-0.2, -0.15) is 0 Å². The smallest absolute Gasteiger partial charge is 0.220 e. The molecule has 0 aliphatic heterocycles. The van der Waals surface area contributed by atoms with Gasteiger partial charge in [-0.15, -0.1) is 0 Å². The van der Waals surface area contributed by atoms with E-state index in [4.69, 9.17) is 5.73 Å². The average Bonchev–Trinajstić information content (AvgIpc) is 1.84. The molecule has 2 nitrogen and oxygen atoms in total. The molecule has 11 heavy (non-hydrogen) atoms. The van der Waals surface area contributed by atoms with Gasteiger partial charge in [0.05, 0.1) is 0 Å². The first-order chi connectivity index (χ1) is 4.83. The van der Waals surface area contributed by atoms with Crippen molar-refractivity contribution < 1.29 is 4.79 Å². The molecular weight excluding hydrogens is 154 g/mol. The summed E-state index contributed by atoms with van der Waals surface area (Å²) in [7, 11) is 0.847. The van der Waals surface area contributed by atoms with Crippen molar-refractivity contribution in [1.82, 2.24) is 0 Å². The number of amides is 1. The Hall–Kier alpha value is -0.313. The number of carbonyl (C=O) groups excluding carboxylic acids is 1. The lowest BCUT2D eigenvalue weighted by Gasteiger charge is -2.34. The van der Waals surface area contributed by atoms with Gasteiger partial charge in [-0.05, 0) is 11.8 Å². The molecule has 1 amide bonds. The Morgan fingerprint density at radius 2 is 1.55 bits per heavy atom. The van der Waals surface area contributed by atoms with E-state index in [-0.39, 0.29) is 10.9 Å². The van der Waals surface area contributed by atoms with Crippen LogP contribution in [0.5, 0.6) is 0 Å². The van der Waals surface area contributed by atoms with Gasteiger partial charge in [0, 0.05) is 15.3 Å². The molecule has 0 radical (unpaired) electrons. The van der Waals surface area contributed by atoms with Crippen molar-refractivity contribution in [3.05, 3.63) is 0 Å². The zero-order valence-corrected chi connectivity index (χ0v) is 10.1. The lowest BCUT2D eigenvalue weighted by Crippen LogP contribution is -2.39. The third-order valence-electron chi connectivity index (χ3n) is 2.93. The number of nitrogens with two attached hydrogens (primary N) is 1. The van der Waals surface area contributed by atoms with Crippen LogP contribution in [0.3, 0.4) is 0 Å². The zero-order chi connectivity index (χ0) is 9.23. The van der Waals surface area contributed by atoms with Crippen molar-refractivity contribution in [3.63, 3.8) is 0 Å². The number of carbonyl (C=O) groups is 1. The molecule has 0 aliphatic carbocycles. The molecule has 66 valence electrons. The van der Waals surface area contributed by atoms with E-state index in [0.29, 0.717) is 11.8 Å². The van der Waals surface area contributed by atoms with Crippen molar-refractivity contribution >= 4 is 16.1 Å². The van der Waals surface area contributed by atoms with Crippen LogP contribution in [-0.2, 0) is 4.79 Å². The molecule has 0 rings (SSSR count). The first-order valence-corrected chi connectivity index (χ1v) is 5.13. The molecule has 0 aromatic rings. The molecular formula is C8H19NOSi. The van der Waals surface area contributed by atoms with Crippen molar-refractivity contribution in [2.75, 3.05) is 0 Å². The first-order valence-electron chi connectivity index (χ1n) is 4.13. The third-order valence-corrected chi connectivity index (χ3v) is 5.73. The van der Waals surface area contributed by atoms with Crippen LogP contribution in [0.4, 0.5) is 0 Å². The normalized spacial score (nSPS) is 12.9. The van der Waals surface area contributed by atoms with Gasteiger partial charge in [-0.25, -0.2) is 0 Å². The van der Waals surface area contributed by atoms with Crippen molar-refractivity contribution in [1.29, 1.82) is 0 Å². The van der Waals surface area contributed by atoms with Gasteiger partial charge in [0.1, 0.15) is 0 Å². The lowest BCUT2D eigenvalue weighted by atomic mass is 9.83. The highest BCUT2D eigenvalue weighted by Gasteiger charge is 2.37. The number of rotatable bonds is 3. The number of hydrogen-bond acceptors (Lipinski definition) is 1. The SMILES string of the molecule is CC(C)C([SiH3])(C(N)=O)C(C)C. The molecule has 3 heteroatoms. The third kappa shape index (κ3) is 1.83. The Balaban J connectivity index is 4.67. The van der Waals surface area contributed by atoms with E-state index in [0.717, 1.165) is 10.2 Å². The van der Waals surface area contributed by atoms with Crippen LogP contribution in [0.2, 0.25) is 5.04 Å². The molecule has 0 spiro atoms. The fourth-order valence-electron chi connectivity index (χ4n) is 1.24. The molecule has 0 saturated carbocycles. The largest absolute Gasteiger partial charge is 0.369 e. The quantitative estimate of drug-likeness (QED) is 0.613. The van der Waals surface area contributed by atoms with E-state index in [1.807, 2.05) is 0 Å². The second kappa shape index (κ2) is 3.39. The Bertz CT molecular complexity index is 146. The van der Waals surface area contributed by atoms with Gasteiger partial charge in [0.15, 0.2) is 0 Å². The predicted octanol–water partition coefficient (Wildman–Crippen LogP) is 0.308. The molecule has 0 bridgehead atoms. The topological polar surface area (TPSA) is 43.1 Å². The fraction of sp³-hybridized carbons (Fsp3) is 0.875. The summed E-state index contributed by atoms with van der Waals surface area (Å²) in [6.45, 7) is 8.27. The van der Waals surface area contributed by atoms with Crippen LogP contribution < -0.4 is 5.73 Å². The van der Waals surface area contributed by atoms with E-state index < -0.39 is 0 Å². The highest BCUT2D eigenvalue weighted by molar-refractivity contribution is 6.28. The highest BCUT2D eigenvalue weighted by Crippen LogP contribution is 2.39. The Labute approximate surface area is 72.0 Å². The minimum absolute atomic E-state index is 0.130. The molecule has 0 fully saturated rings. The van der Waals surface area contributed by atoms with Gasteiger partial charge in [-0.3, -0.25) is 4.79 Å². The molecule has 0 unspecified atom stereocenters. The minimum atomic E-state index is -0.222. The average molecular weight is 173 g/mol. The maximum atomic E-state index is 11.2. The van der Waals surface area contributed by atoms with E-state index in [1.54, 1.807) is 0 Å². The van der Waals surface area contributed by atoms with Crippen LogP contribution in [-0.4, -0.2) is 16.1 Å². The molecule has 0 aromatic carbocycles. The molecule has 2 N–H and O–H groups in total. The Kier molecular flexibility index (Phi) is 3.29. The zero-order valence-electron chi connectivity index (χ0n) is 8.14. The van der Waals surface area contributed by atoms with E-state index >= 15 is 0 Å². The van der Waals surface area contributed by atoms with Crippen LogP contribution in [0.15, 0.2) is 0 Å². The molecule has 0 aromatic heterocycles. The minimum Gasteiger partial charge on any atom is -0.369 e. The van der Waals surface area contributed by atoms with Gasteiger partial charge in [0.2, 0.25) is 5.91 Å². The predicted molar refractivity (Wildman–Crippen MR) is 51.5 cm³/mol. The van der Waals surface area contributed by atoms with Gasteiger partial charge < -0.3 is 5.73 Å². The Morgan fingerprint density at radius 1 is 1.27 bits per heavy atom. The standard InChI is InChI=1S/C8H19NOSi/c1-5(2)8(11,6(3)4)7(9)10/h5-6H,1-4,11H3,(H2,9,10). The van der Waals surface area contributed by atoms with Crippen LogP contribution in [0.1, 0.15) is 27.7 Å². The van der Waals surface area contributed by atoms with Crippen LogP contribution in [0, 0.1) is 11.8 Å². The monoisotopic (exact) mass is 173 g/mol. The van der Waals surface area contributed by atoms with E-state index in [1.165, 1.54) is 0 Å². The van der Waals surface area contributed by atoms with Gasteiger partial charge in [-0.1, -0.05) is 27.7 Å². The maximum absolute atomic E-state index is 11.2. The van der Waals surface area contributed by atoms with Gasteiger partial charge >= 0.3 is 0 Å². The summed E-state index contributed by atoms with van der Waals surface area (Å²) in [6, 6.07) is 0. The summed E-state index contributed by atoms with van der Waals surface area (Å²) in [6.07, 6.45) is 0. The first kappa shape index (κ1) is 10.7. The maximum Gasteiger partial charge on any atom is 0.220 e. The highest BCUT2D eigenvalue weighted by atomic mass is 28.1. The second-order valence-electron chi connectivity index (χ2n) is 3.96. The Morgan fingerprint density at radius 3 is 1.55 bits per heavy atom. The summed E-state index contributed by atoms with van der Waals surface area (Å²) in [5.41, 5.74) is 5.37. The molecule has 0 heterocycles. The number of primary amides is 1. The summed E-state index contributed by atoms with van der Waals surface area (Å²) in [5, 5.41) is -0.222. The van der Waals surface area contributed by atoms with Crippen LogP contribution >= 0.6 is 0 Å². The van der Waals surface area contributed by atoms with E-state index in [2.05, 4.69) is 27.7 Å². The second-order valence-corrected chi connectivity index (χ2v) is 5.61. The summed E-state index contributed by atoms with van der Waals surface area (Å²) in [4.78, 5) is 11.2. The van der Waals surface area contributed by atoms with Gasteiger partial charge in [0.25, 0.3) is 0 Å². The summed E-state index contributed by atoms with van der Waals surface area (Å²) < 4.78 is 0. The summed E-state index contributed by atoms with van der Waals surface area (Å²) >= 11 is 0. The lowest BCUT2D eigenvalue weighted by molar-refractivity contribution is -0.123. The van der Waals surface area contributed by atoms with Crippen molar-refractivity contribution in [2.45, 2.75) is 32.7 Å². The fourth-order valence-corrected chi connectivity index (χ4v) is 1.24. The molecule has 0 aliphatic rings. The van der Waals surface area contributed by atoms with E-state index in [9.17, 15) is 4.79 Å². The molecule has 0 saturated heterocycles. The number of hydrogen-bond donors (Lipinski definition) is 1. The summed E-state index contributed by atoms with van der Waals surface area (Å²) in [5.74, 6) is 0.604. The van der Waals surface area contributed by atoms with Crippen molar-refractivity contribution in [3.8, 4) is 0 Å². The van der Waals surface area contributed by atoms with Crippen molar-refractivity contribution in [2.24, 2.45) is 17.6 Å². The molecule has 0 atom stereocenters.